The molecule has 1 aromatic heterocycles. The molecule has 4 atom stereocenters. The number of benzene rings is 3. The molecule has 0 amide bonds. The first-order chi connectivity index (χ1) is 17.6. The summed E-state index contributed by atoms with van der Waals surface area (Å²) < 4.78 is 2.55. The molecule has 0 radical (unpaired) electrons. The van der Waals surface area contributed by atoms with Crippen LogP contribution in [0.1, 0.15) is 25.0 Å². The van der Waals surface area contributed by atoms with Gasteiger partial charge < -0.3 is 4.90 Å². The number of hydrogen-bond acceptors (Lipinski definition) is 3. The van der Waals surface area contributed by atoms with E-state index in [0.717, 1.165) is 11.1 Å². The van der Waals surface area contributed by atoms with Gasteiger partial charge in [-0.2, -0.15) is 5.26 Å². The van der Waals surface area contributed by atoms with Gasteiger partial charge in [0.05, 0.1) is 23.7 Å². The first-order valence-corrected chi connectivity index (χ1v) is 13.4. The minimum atomic E-state index is -0.103. The number of nitrogens with zero attached hydrogens (tertiary/aromatic N) is 2. The molecule has 4 unspecified atom stereocenters. The summed E-state index contributed by atoms with van der Waals surface area (Å²) in [5.41, 5.74) is 5.62. The molecule has 0 fully saturated rings. The summed E-state index contributed by atoms with van der Waals surface area (Å²) in [5, 5.41) is 12.9. The molecule has 0 saturated carbocycles. The Balaban J connectivity index is 1.51. The first kappa shape index (κ1) is 21.4. The minimum absolute atomic E-state index is 0.0459. The summed E-state index contributed by atoms with van der Waals surface area (Å²) in [7, 11) is 0. The van der Waals surface area contributed by atoms with Crippen molar-refractivity contribution < 1.29 is 0 Å². The van der Waals surface area contributed by atoms with Crippen molar-refractivity contribution >= 4 is 42.8 Å². The van der Waals surface area contributed by atoms with Crippen molar-refractivity contribution in [1.82, 2.24) is 0 Å². The van der Waals surface area contributed by atoms with Crippen LogP contribution in [0.15, 0.2) is 109 Å². The molecule has 3 aliphatic rings. The molecule has 1 aliphatic heterocycles. The van der Waals surface area contributed by atoms with E-state index in [4.69, 9.17) is 0 Å². The zero-order valence-electron chi connectivity index (χ0n) is 20.3. The van der Waals surface area contributed by atoms with Crippen molar-refractivity contribution in [3.8, 4) is 6.07 Å². The average molecular weight is 483 g/mol. The van der Waals surface area contributed by atoms with E-state index in [1.54, 1.807) is 0 Å². The second kappa shape index (κ2) is 7.82. The molecule has 0 N–H and O–H groups in total. The van der Waals surface area contributed by atoms with E-state index >= 15 is 0 Å². The number of anilines is 1. The average Bonchev–Trinajstić information content (AvgIpc) is 3.42. The number of fused-ring (bicyclic) bond motifs is 6. The fourth-order valence-electron chi connectivity index (χ4n) is 6.60. The van der Waals surface area contributed by atoms with Crippen LogP contribution in [0.25, 0.3) is 25.7 Å². The molecule has 3 heteroatoms. The highest BCUT2D eigenvalue weighted by atomic mass is 32.1. The van der Waals surface area contributed by atoms with Gasteiger partial charge in [0, 0.05) is 36.8 Å². The second-order valence-electron chi connectivity index (χ2n) is 10.3. The Kier molecular flexibility index (Phi) is 4.65. The standard InChI is InChI=1S/C33H26N2S/c1-21-17-18-22(20-34)30(25-12-9-11-24-23-10-3-6-15-28(23)36-32(24)25)31(21)35-27-14-5-4-13-26(27)33(2)19-8-7-16-29(33)35/h3-19,21,29,31H,1-2H3. The van der Waals surface area contributed by atoms with Crippen LogP contribution in [0.4, 0.5) is 5.69 Å². The number of allylic oxidation sites excluding steroid dienone is 4. The Morgan fingerprint density at radius 1 is 0.917 bits per heavy atom. The molecule has 3 aromatic carbocycles. The Bertz CT molecular complexity index is 1710. The molecule has 0 bridgehead atoms. The van der Waals surface area contributed by atoms with E-state index in [1.807, 2.05) is 17.4 Å². The van der Waals surface area contributed by atoms with E-state index < -0.39 is 0 Å². The Hall–Kier alpha value is -3.87. The van der Waals surface area contributed by atoms with Crippen LogP contribution in [0.3, 0.4) is 0 Å². The maximum Gasteiger partial charge on any atom is 0.0995 e. The van der Waals surface area contributed by atoms with Crippen LogP contribution >= 0.6 is 11.3 Å². The van der Waals surface area contributed by atoms with E-state index in [9.17, 15) is 5.26 Å². The molecule has 7 rings (SSSR count). The predicted molar refractivity (Wildman–Crippen MR) is 152 cm³/mol. The normalized spacial score (nSPS) is 26.5. The smallest absolute Gasteiger partial charge is 0.0995 e. The lowest BCUT2D eigenvalue weighted by molar-refractivity contribution is 0.473. The molecule has 0 saturated heterocycles. The van der Waals surface area contributed by atoms with Crippen molar-refractivity contribution in [2.45, 2.75) is 31.3 Å². The third-order valence-corrected chi connectivity index (χ3v) is 9.51. The van der Waals surface area contributed by atoms with Crippen molar-refractivity contribution in [3.05, 3.63) is 120 Å². The molecule has 174 valence electrons. The molecular weight excluding hydrogens is 456 g/mol. The van der Waals surface area contributed by atoms with Gasteiger partial charge in [-0.15, -0.1) is 11.3 Å². The van der Waals surface area contributed by atoms with Gasteiger partial charge in [-0.1, -0.05) is 91.9 Å². The maximum absolute atomic E-state index is 10.4. The fraction of sp³-hybridized carbons (Fsp3) is 0.182. The van der Waals surface area contributed by atoms with E-state index in [2.05, 4.69) is 122 Å². The van der Waals surface area contributed by atoms with Crippen LogP contribution in [-0.2, 0) is 5.41 Å². The molecule has 0 spiro atoms. The van der Waals surface area contributed by atoms with Crippen LogP contribution in [-0.4, -0.2) is 12.1 Å². The lowest BCUT2D eigenvalue weighted by Crippen LogP contribution is -2.50. The molecular formula is C33H26N2S. The van der Waals surface area contributed by atoms with Gasteiger partial charge >= 0.3 is 0 Å². The zero-order chi connectivity index (χ0) is 24.4. The maximum atomic E-state index is 10.4. The van der Waals surface area contributed by atoms with Crippen LogP contribution in [0.5, 0.6) is 0 Å². The summed E-state index contributed by atoms with van der Waals surface area (Å²) in [6.45, 7) is 4.64. The number of para-hydroxylation sites is 1. The Labute approximate surface area is 215 Å². The van der Waals surface area contributed by atoms with Crippen molar-refractivity contribution in [2.75, 3.05) is 4.90 Å². The third kappa shape index (κ3) is 2.83. The van der Waals surface area contributed by atoms with E-state index in [1.165, 1.54) is 37.0 Å². The third-order valence-electron chi connectivity index (χ3n) is 8.29. The summed E-state index contributed by atoms with van der Waals surface area (Å²) >= 11 is 1.84. The van der Waals surface area contributed by atoms with Gasteiger partial charge in [-0.05, 0) is 42.2 Å². The summed E-state index contributed by atoms with van der Waals surface area (Å²) in [6, 6.07) is 26.9. The van der Waals surface area contributed by atoms with Gasteiger partial charge in [0.25, 0.3) is 0 Å². The number of nitriles is 1. The quantitative estimate of drug-likeness (QED) is 0.288. The van der Waals surface area contributed by atoms with Gasteiger partial charge in [0.2, 0.25) is 0 Å². The van der Waals surface area contributed by atoms with E-state index in [-0.39, 0.29) is 23.4 Å². The lowest BCUT2D eigenvalue weighted by Gasteiger charge is -2.43. The topological polar surface area (TPSA) is 27.0 Å². The van der Waals surface area contributed by atoms with Crippen molar-refractivity contribution in [1.29, 1.82) is 5.26 Å². The van der Waals surface area contributed by atoms with Crippen LogP contribution < -0.4 is 4.90 Å². The van der Waals surface area contributed by atoms with Gasteiger partial charge in [0.15, 0.2) is 0 Å². The largest absolute Gasteiger partial charge is 0.356 e. The molecule has 2 heterocycles. The highest BCUT2D eigenvalue weighted by Crippen LogP contribution is 2.53. The second-order valence-corrected chi connectivity index (χ2v) is 11.3. The molecule has 2 aliphatic carbocycles. The van der Waals surface area contributed by atoms with Gasteiger partial charge in [-0.25, -0.2) is 0 Å². The monoisotopic (exact) mass is 482 g/mol. The summed E-state index contributed by atoms with van der Waals surface area (Å²) in [4.78, 5) is 2.60. The highest BCUT2D eigenvalue weighted by molar-refractivity contribution is 7.26. The molecule has 4 aromatic rings. The van der Waals surface area contributed by atoms with Crippen LogP contribution in [0, 0.1) is 17.2 Å². The number of rotatable bonds is 2. The SMILES string of the molecule is CC1C=CC(C#N)=C(c2cccc3c2sc2ccccc23)C1N1c2ccccc2C2(C)C=CC=CC12. The highest BCUT2D eigenvalue weighted by Gasteiger charge is 2.50. The lowest BCUT2D eigenvalue weighted by atomic mass is 9.75. The predicted octanol–water partition coefficient (Wildman–Crippen LogP) is 8.18. The van der Waals surface area contributed by atoms with Gasteiger partial charge in [-0.3, -0.25) is 0 Å². The van der Waals surface area contributed by atoms with Crippen molar-refractivity contribution in [3.63, 3.8) is 0 Å². The Morgan fingerprint density at radius 3 is 2.61 bits per heavy atom. The number of hydrogen-bond donors (Lipinski definition) is 0. The molecule has 2 nitrogen and oxygen atoms in total. The van der Waals surface area contributed by atoms with E-state index in [0.29, 0.717) is 0 Å². The molecule has 36 heavy (non-hydrogen) atoms. The van der Waals surface area contributed by atoms with Crippen LogP contribution in [0.2, 0.25) is 0 Å². The fourth-order valence-corrected chi connectivity index (χ4v) is 7.83. The van der Waals surface area contributed by atoms with Crippen molar-refractivity contribution in [2.24, 2.45) is 5.92 Å². The summed E-state index contributed by atoms with van der Waals surface area (Å²) in [5.74, 6) is 0.247. The van der Waals surface area contributed by atoms with Gasteiger partial charge in [0.1, 0.15) is 0 Å². The zero-order valence-corrected chi connectivity index (χ0v) is 21.2. The summed E-state index contributed by atoms with van der Waals surface area (Å²) in [6.07, 6.45) is 13.3. The Morgan fingerprint density at radius 2 is 1.72 bits per heavy atom. The first-order valence-electron chi connectivity index (χ1n) is 12.6. The number of thiophene rings is 1. The minimum Gasteiger partial charge on any atom is -0.356 e.